The van der Waals surface area contributed by atoms with Gasteiger partial charge in [-0.25, -0.2) is 4.98 Å². The van der Waals surface area contributed by atoms with Crippen LogP contribution in [0.25, 0.3) is 0 Å². The van der Waals surface area contributed by atoms with Crippen LogP contribution in [-0.2, 0) is 12.0 Å². The first-order chi connectivity index (χ1) is 8.40. The molecule has 2 heterocycles. The molecular weight excluding hydrogens is 242 g/mol. The first-order valence-electron chi connectivity index (χ1n) is 6.79. The third-order valence-corrected chi connectivity index (χ3v) is 5.16. The van der Waals surface area contributed by atoms with Gasteiger partial charge in [-0.1, -0.05) is 20.8 Å². The minimum Gasteiger partial charge on any atom is -0.330 e. The lowest BCUT2D eigenvalue weighted by atomic mass is 9.96. The van der Waals surface area contributed by atoms with Crippen LogP contribution in [0.4, 0.5) is 0 Å². The molecule has 0 saturated carbocycles. The van der Waals surface area contributed by atoms with Crippen molar-refractivity contribution in [2.75, 3.05) is 13.1 Å². The highest BCUT2D eigenvalue weighted by Gasteiger charge is 2.28. The van der Waals surface area contributed by atoms with Gasteiger partial charge in [0.1, 0.15) is 5.01 Å². The molecule has 102 valence electrons. The second kappa shape index (κ2) is 5.27. The maximum Gasteiger partial charge on any atom is 0.107 e. The second-order valence-electron chi connectivity index (χ2n) is 6.48. The summed E-state index contributed by atoms with van der Waals surface area (Å²) in [4.78, 5) is 8.47. The van der Waals surface area contributed by atoms with Crippen LogP contribution in [0.1, 0.15) is 44.0 Å². The second-order valence-corrected chi connectivity index (χ2v) is 7.60. The number of nitrogens with two attached hydrogens (primary N) is 1. The average Bonchev–Trinajstić information content (AvgIpc) is 2.86. The van der Waals surface area contributed by atoms with Gasteiger partial charge in [0.05, 0.1) is 6.54 Å². The monoisotopic (exact) mass is 267 g/mol. The van der Waals surface area contributed by atoms with Gasteiger partial charge in [-0.3, -0.25) is 4.90 Å². The number of thiazole rings is 1. The fourth-order valence-corrected chi connectivity index (χ4v) is 3.51. The van der Waals surface area contributed by atoms with Crippen LogP contribution in [0.5, 0.6) is 0 Å². The Labute approximate surface area is 114 Å². The van der Waals surface area contributed by atoms with E-state index in [0.29, 0.717) is 12.0 Å². The van der Waals surface area contributed by atoms with E-state index in [2.05, 4.69) is 37.6 Å². The van der Waals surface area contributed by atoms with E-state index < -0.39 is 0 Å². The first kappa shape index (κ1) is 14.0. The lowest BCUT2D eigenvalue weighted by Gasteiger charge is -2.19. The van der Waals surface area contributed by atoms with Crippen molar-refractivity contribution in [1.82, 2.24) is 9.88 Å². The molecule has 4 heteroatoms. The molecule has 1 aromatic rings. The molecule has 2 atom stereocenters. The average molecular weight is 267 g/mol. The van der Waals surface area contributed by atoms with Gasteiger partial charge in [0.2, 0.25) is 0 Å². The Balaban J connectivity index is 2.00. The van der Waals surface area contributed by atoms with E-state index in [-0.39, 0.29) is 5.41 Å². The van der Waals surface area contributed by atoms with Crippen molar-refractivity contribution in [1.29, 1.82) is 0 Å². The predicted octanol–water partition coefficient (Wildman–Crippen LogP) is 2.61. The SMILES string of the molecule is CC1CC(CN)CN1Cc1ncc(C(C)(C)C)s1. The summed E-state index contributed by atoms with van der Waals surface area (Å²) in [5.74, 6) is 0.669. The highest BCUT2D eigenvalue weighted by atomic mass is 32.1. The van der Waals surface area contributed by atoms with Gasteiger partial charge in [0.25, 0.3) is 0 Å². The maximum absolute atomic E-state index is 5.77. The Kier molecular flexibility index (Phi) is 4.09. The molecule has 0 bridgehead atoms. The third-order valence-electron chi connectivity index (χ3n) is 3.75. The standard InChI is InChI=1S/C14H25N3S/c1-10-5-11(6-15)8-17(10)9-13-16-7-12(18-13)14(2,3)4/h7,10-11H,5-6,8-9,15H2,1-4H3. The van der Waals surface area contributed by atoms with Crippen molar-refractivity contribution in [3.63, 3.8) is 0 Å². The number of hydrogen-bond acceptors (Lipinski definition) is 4. The predicted molar refractivity (Wildman–Crippen MR) is 77.8 cm³/mol. The number of nitrogens with zero attached hydrogens (tertiary/aromatic N) is 2. The zero-order valence-electron chi connectivity index (χ0n) is 11.9. The van der Waals surface area contributed by atoms with Gasteiger partial charge in [-0.05, 0) is 31.2 Å². The van der Waals surface area contributed by atoms with Crippen LogP contribution in [0, 0.1) is 5.92 Å². The summed E-state index contributed by atoms with van der Waals surface area (Å²) in [5, 5.41) is 1.24. The molecule has 0 radical (unpaired) electrons. The van der Waals surface area contributed by atoms with E-state index in [4.69, 9.17) is 5.73 Å². The van der Waals surface area contributed by atoms with Crippen molar-refractivity contribution in [2.45, 2.75) is 52.1 Å². The number of rotatable bonds is 3. The molecule has 1 aromatic heterocycles. The molecule has 2 N–H and O–H groups in total. The molecule has 18 heavy (non-hydrogen) atoms. The highest BCUT2D eigenvalue weighted by Crippen LogP contribution is 2.30. The Morgan fingerprint density at radius 3 is 2.72 bits per heavy atom. The summed E-state index contributed by atoms with van der Waals surface area (Å²) in [6.45, 7) is 12.0. The van der Waals surface area contributed by atoms with Crippen LogP contribution in [0.3, 0.4) is 0 Å². The largest absolute Gasteiger partial charge is 0.330 e. The molecule has 0 spiro atoms. The van der Waals surface area contributed by atoms with E-state index in [0.717, 1.165) is 19.6 Å². The molecule has 0 aromatic carbocycles. The lowest BCUT2D eigenvalue weighted by molar-refractivity contribution is 0.255. The van der Waals surface area contributed by atoms with E-state index in [1.54, 1.807) is 0 Å². The first-order valence-corrected chi connectivity index (χ1v) is 7.61. The topological polar surface area (TPSA) is 42.1 Å². The van der Waals surface area contributed by atoms with Gasteiger partial charge >= 0.3 is 0 Å². The molecule has 1 fully saturated rings. The Morgan fingerprint density at radius 1 is 1.50 bits per heavy atom. The van der Waals surface area contributed by atoms with E-state index >= 15 is 0 Å². The van der Waals surface area contributed by atoms with Crippen molar-refractivity contribution >= 4 is 11.3 Å². The fraction of sp³-hybridized carbons (Fsp3) is 0.786. The summed E-state index contributed by atoms with van der Waals surface area (Å²) < 4.78 is 0. The molecule has 1 aliphatic heterocycles. The van der Waals surface area contributed by atoms with Crippen LogP contribution in [-0.4, -0.2) is 29.0 Å². The molecule has 1 aliphatic rings. The van der Waals surface area contributed by atoms with Crippen molar-refractivity contribution in [2.24, 2.45) is 11.7 Å². The van der Waals surface area contributed by atoms with Crippen LogP contribution in [0.15, 0.2) is 6.20 Å². The Bertz CT molecular complexity index is 394. The maximum atomic E-state index is 5.77. The van der Waals surface area contributed by atoms with Crippen LogP contribution >= 0.6 is 11.3 Å². The molecule has 3 nitrogen and oxygen atoms in total. The molecule has 2 rings (SSSR count). The van der Waals surface area contributed by atoms with Crippen molar-refractivity contribution < 1.29 is 0 Å². The summed E-state index contributed by atoms with van der Waals surface area (Å²) in [5.41, 5.74) is 5.99. The van der Waals surface area contributed by atoms with Gasteiger partial charge in [-0.15, -0.1) is 11.3 Å². The van der Waals surface area contributed by atoms with Crippen molar-refractivity contribution in [3.8, 4) is 0 Å². The van der Waals surface area contributed by atoms with Gasteiger partial charge < -0.3 is 5.73 Å². The summed E-state index contributed by atoms with van der Waals surface area (Å²) >= 11 is 1.85. The van der Waals surface area contributed by atoms with Crippen LogP contribution in [0.2, 0.25) is 0 Å². The minimum atomic E-state index is 0.215. The summed E-state index contributed by atoms with van der Waals surface area (Å²) in [7, 11) is 0. The highest BCUT2D eigenvalue weighted by molar-refractivity contribution is 7.11. The fourth-order valence-electron chi connectivity index (χ4n) is 2.51. The quantitative estimate of drug-likeness (QED) is 0.915. The third kappa shape index (κ3) is 3.11. The smallest absolute Gasteiger partial charge is 0.107 e. The number of aromatic nitrogens is 1. The summed E-state index contributed by atoms with van der Waals surface area (Å²) in [6.07, 6.45) is 3.27. The molecular formula is C14H25N3S. The zero-order chi connectivity index (χ0) is 13.3. The van der Waals surface area contributed by atoms with Gasteiger partial charge in [0.15, 0.2) is 0 Å². The van der Waals surface area contributed by atoms with E-state index in [9.17, 15) is 0 Å². The minimum absolute atomic E-state index is 0.215. The number of hydrogen-bond donors (Lipinski definition) is 1. The molecule has 1 saturated heterocycles. The van der Waals surface area contributed by atoms with Gasteiger partial charge in [0, 0.05) is 23.7 Å². The normalized spacial score (nSPS) is 25.8. The molecule has 2 unspecified atom stereocenters. The van der Waals surface area contributed by atoms with E-state index in [1.165, 1.54) is 16.3 Å². The Morgan fingerprint density at radius 2 is 2.22 bits per heavy atom. The lowest BCUT2D eigenvalue weighted by Crippen LogP contribution is -2.27. The zero-order valence-corrected chi connectivity index (χ0v) is 12.8. The van der Waals surface area contributed by atoms with Gasteiger partial charge in [-0.2, -0.15) is 0 Å². The Hall–Kier alpha value is -0.450. The van der Waals surface area contributed by atoms with Crippen molar-refractivity contribution in [3.05, 3.63) is 16.1 Å². The molecule has 0 aliphatic carbocycles. The summed E-state index contributed by atoms with van der Waals surface area (Å²) in [6, 6.07) is 0.639. The number of likely N-dealkylation sites (tertiary alicyclic amines) is 1. The molecule has 0 amide bonds. The van der Waals surface area contributed by atoms with E-state index in [1.807, 2.05) is 17.5 Å². The van der Waals surface area contributed by atoms with Crippen LogP contribution < -0.4 is 5.73 Å².